The van der Waals surface area contributed by atoms with Crippen LogP contribution in [0.5, 0.6) is 0 Å². The zero-order valence-electron chi connectivity index (χ0n) is 22.9. The Balaban J connectivity index is 1.35. The molecule has 7 nitrogen and oxygen atoms in total. The zero-order valence-corrected chi connectivity index (χ0v) is 22.9. The summed E-state index contributed by atoms with van der Waals surface area (Å²) >= 11 is 0. The monoisotopic (exact) mass is 553 g/mol. The number of alkyl halides is 3. The van der Waals surface area contributed by atoms with E-state index in [1.807, 2.05) is 29.8 Å². The molecular formula is C30H34F3N5O2. The molecule has 0 saturated carbocycles. The quantitative estimate of drug-likeness (QED) is 0.428. The number of nitrogens with zero attached hydrogens (tertiary/aromatic N) is 5. The third-order valence-corrected chi connectivity index (χ3v) is 8.75. The van der Waals surface area contributed by atoms with Crippen LogP contribution in [-0.2, 0) is 36.5 Å². The first-order valence-electron chi connectivity index (χ1n) is 14.0. The number of halogens is 3. The van der Waals surface area contributed by atoms with Gasteiger partial charge >= 0.3 is 6.18 Å². The Morgan fingerprint density at radius 2 is 1.95 bits per heavy atom. The van der Waals surface area contributed by atoms with Crippen molar-refractivity contribution in [1.29, 1.82) is 0 Å². The Labute approximate surface area is 231 Å². The molecule has 10 heteroatoms. The van der Waals surface area contributed by atoms with Gasteiger partial charge in [0.2, 0.25) is 0 Å². The van der Waals surface area contributed by atoms with Gasteiger partial charge in [0.1, 0.15) is 12.2 Å². The number of aryl methyl sites for hydroxylation is 1. The van der Waals surface area contributed by atoms with Gasteiger partial charge < -0.3 is 14.2 Å². The summed E-state index contributed by atoms with van der Waals surface area (Å²) in [5, 5.41) is 8.50. The second kappa shape index (κ2) is 10.3. The Hall–Kier alpha value is -3.24. The molecule has 0 radical (unpaired) electrons. The van der Waals surface area contributed by atoms with Crippen LogP contribution >= 0.6 is 0 Å². The molecule has 1 atom stereocenters. The average molecular weight is 554 g/mol. The highest BCUT2D eigenvalue weighted by Gasteiger charge is 2.43. The van der Waals surface area contributed by atoms with E-state index in [1.165, 1.54) is 11.0 Å². The van der Waals surface area contributed by atoms with Crippen LogP contribution in [0.1, 0.15) is 71.0 Å². The van der Waals surface area contributed by atoms with Gasteiger partial charge in [-0.2, -0.15) is 13.2 Å². The summed E-state index contributed by atoms with van der Waals surface area (Å²) in [4.78, 5) is 17.4. The molecule has 3 aromatic rings. The normalized spacial score (nSPS) is 21.6. The number of carbonyl (C=O) groups is 1. The molecule has 0 spiro atoms. The van der Waals surface area contributed by atoms with E-state index in [-0.39, 0.29) is 17.7 Å². The van der Waals surface area contributed by atoms with Crippen LogP contribution in [0.3, 0.4) is 0 Å². The number of amides is 1. The number of rotatable bonds is 5. The molecule has 0 aliphatic carbocycles. The van der Waals surface area contributed by atoms with Crippen molar-refractivity contribution in [2.75, 3.05) is 31.2 Å². The molecule has 40 heavy (non-hydrogen) atoms. The van der Waals surface area contributed by atoms with E-state index in [1.54, 1.807) is 18.5 Å². The largest absolute Gasteiger partial charge is 0.416 e. The Bertz CT molecular complexity index is 1410. The van der Waals surface area contributed by atoms with Crippen molar-refractivity contribution in [3.8, 4) is 0 Å². The smallest absolute Gasteiger partial charge is 0.381 e. The van der Waals surface area contributed by atoms with Crippen molar-refractivity contribution in [2.45, 2.75) is 57.3 Å². The molecule has 2 aromatic carbocycles. The van der Waals surface area contributed by atoms with Crippen LogP contribution in [0.15, 0.2) is 42.7 Å². The summed E-state index contributed by atoms with van der Waals surface area (Å²) in [7, 11) is 1.90. The van der Waals surface area contributed by atoms with Gasteiger partial charge in [-0.15, -0.1) is 10.2 Å². The fraction of sp³-hybridized carbons (Fsp3) is 0.500. The van der Waals surface area contributed by atoms with Crippen LogP contribution in [0.2, 0.25) is 0 Å². The summed E-state index contributed by atoms with van der Waals surface area (Å²) in [5.74, 6) is 0.918. The van der Waals surface area contributed by atoms with Crippen molar-refractivity contribution in [3.63, 3.8) is 0 Å². The predicted molar refractivity (Wildman–Crippen MR) is 144 cm³/mol. The van der Waals surface area contributed by atoms with Crippen LogP contribution in [0.25, 0.3) is 0 Å². The van der Waals surface area contributed by atoms with E-state index in [2.05, 4.69) is 22.0 Å². The van der Waals surface area contributed by atoms with Gasteiger partial charge in [0.25, 0.3) is 5.91 Å². The SMILES string of the molecule is C[C@H]1CCCN(Cc2cc3c(c(C(F)(F)F)c2)CN(c2cccc(C4(c5nncn5C)CCOCC4)c2)C3=O)C1. The summed E-state index contributed by atoms with van der Waals surface area (Å²) < 4.78 is 50.5. The first-order valence-corrected chi connectivity index (χ1v) is 14.0. The zero-order chi connectivity index (χ0) is 28.1. The highest BCUT2D eigenvalue weighted by Crippen LogP contribution is 2.43. The van der Waals surface area contributed by atoms with Crippen molar-refractivity contribution >= 4 is 11.6 Å². The number of hydrogen-bond donors (Lipinski definition) is 0. The maximum absolute atomic E-state index is 14.3. The topological polar surface area (TPSA) is 63.5 Å². The number of benzene rings is 2. The second-order valence-corrected chi connectivity index (χ2v) is 11.6. The summed E-state index contributed by atoms with van der Waals surface area (Å²) in [6, 6.07) is 10.5. The highest BCUT2D eigenvalue weighted by molar-refractivity contribution is 6.10. The molecule has 3 aliphatic heterocycles. The van der Waals surface area contributed by atoms with Crippen LogP contribution < -0.4 is 4.90 Å². The maximum Gasteiger partial charge on any atom is 0.416 e. The fourth-order valence-corrected chi connectivity index (χ4v) is 6.76. The number of likely N-dealkylation sites (tertiary alicyclic amines) is 1. The van der Waals surface area contributed by atoms with E-state index in [4.69, 9.17) is 4.74 Å². The molecule has 212 valence electrons. The van der Waals surface area contributed by atoms with Crippen molar-refractivity contribution in [1.82, 2.24) is 19.7 Å². The summed E-state index contributed by atoms with van der Waals surface area (Å²) in [6.45, 7) is 5.27. The fourth-order valence-electron chi connectivity index (χ4n) is 6.76. The Kier molecular flexibility index (Phi) is 6.94. The van der Waals surface area contributed by atoms with E-state index >= 15 is 0 Å². The number of anilines is 1. The van der Waals surface area contributed by atoms with Crippen LogP contribution in [-0.4, -0.2) is 51.9 Å². The minimum Gasteiger partial charge on any atom is -0.381 e. The molecule has 3 aliphatic rings. The number of fused-ring (bicyclic) bond motifs is 1. The first kappa shape index (κ1) is 27.0. The minimum absolute atomic E-state index is 0.0488. The molecule has 4 heterocycles. The number of piperidine rings is 1. The van der Waals surface area contributed by atoms with Gasteiger partial charge in [-0.1, -0.05) is 19.1 Å². The van der Waals surface area contributed by atoms with E-state index in [0.29, 0.717) is 49.8 Å². The molecule has 1 amide bonds. The molecule has 0 N–H and O–H groups in total. The van der Waals surface area contributed by atoms with Gasteiger partial charge in [0, 0.05) is 44.6 Å². The van der Waals surface area contributed by atoms with Crippen LogP contribution in [0.4, 0.5) is 18.9 Å². The molecule has 0 bridgehead atoms. The summed E-state index contributed by atoms with van der Waals surface area (Å²) in [6.07, 6.45) is 0.652. The first-order chi connectivity index (χ1) is 19.2. The second-order valence-electron chi connectivity index (χ2n) is 11.6. The summed E-state index contributed by atoms with van der Waals surface area (Å²) in [5.41, 5.74) is 1.08. The van der Waals surface area contributed by atoms with E-state index in [9.17, 15) is 18.0 Å². The molecule has 6 rings (SSSR count). The predicted octanol–water partition coefficient (Wildman–Crippen LogP) is 5.32. The number of ether oxygens (including phenoxy) is 1. The lowest BCUT2D eigenvalue weighted by Crippen LogP contribution is -2.37. The van der Waals surface area contributed by atoms with Crippen molar-refractivity contribution < 1.29 is 22.7 Å². The van der Waals surface area contributed by atoms with Gasteiger partial charge in [-0.05, 0) is 79.1 Å². The maximum atomic E-state index is 14.3. The number of hydrogen-bond acceptors (Lipinski definition) is 5. The van der Waals surface area contributed by atoms with Gasteiger partial charge in [0.05, 0.1) is 17.5 Å². The highest BCUT2D eigenvalue weighted by atomic mass is 19.4. The van der Waals surface area contributed by atoms with Crippen molar-refractivity contribution in [3.05, 3.63) is 76.4 Å². The molecule has 2 fully saturated rings. The molecule has 1 aromatic heterocycles. The number of carbonyl (C=O) groups excluding carboxylic acids is 1. The van der Waals surface area contributed by atoms with Gasteiger partial charge in [0.15, 0.2) is 0 Å². The Morgan fingerprint density at radius 3 is 2.65 bits per heavy atom. The van der Waals surface area contributed by atoms with Crippen molar-refractivity contribution in [2.24, 2.45) is 13.0 Å². The lowest BCUT2D eigenvalue weighted by Gasteiger charge is -2.37. The number of aromatic nitrogens is 3. The Morgan fingerprint density at radius 1 is 1.15 bits per heavy atom. The van der Waals surface area contributed by atoms with Gasteiger partial charge in [-0.25, -0.2) is 0 Å². The standard InChI is InChI=1S/C30H34F3N5O2/c1-20-5-4-10-37(16-20)17-21-13-24-25(26(14-21)30(31,32)33)18-38(27(24)39)23-7-3-6-22(15-23)29(8-11-40-12-9-29)28-35-34-19-36(28)2/h3,6-7,13-15,19-20H,4-5,8-12,16-18H2,1-2H3/t20-/m0/s1. The molecule has 0 unspecified atom stereocenters. The van der Waals surface area contributed by atoms with E-state index in [0.717, 1.165) is 37.3 Å². The molecular weight excluding hydrogens is 519 g/mol. The lowest BCUT2D eigenvalue weighted by atomic mass is 9.73. The average Bonchev–Trinajstić information content (AvgIpc) is 3.51. The lowest BCUT2D eigenvalue weighted by molar-refractivity contribution is -0.138. The van der Waals surface area contributed by atoms with Crippen LogP contribution in [0, 0.1) is 5.92 Å². The third kappa shape index (κ3) is 4.81. The minimum atomic E-state index is -4.55. The molecule has 2 saturated heterocycles. The van der Waals surface area contributed by atoms with E-state index < -0.39 is 23.1 Å². The third-order valence-electron chi connectivity index (χ3n) is 8.75. The van der Waals surface area contributed by atoms with Gasteiger partial charge in [-0.3, -0.25) is 9.69 Å².